The van der Waals surface area contributed by atoms with Gasteiger partial charge in [-0.3, -0.25) is 9.29 Å². The maximum Gasteiger partial charge on any atom is 0.264 e. The Hall–Kier alpha value is -2.86. The van der Waals surface area contributed by atoms with E-state index in [0.29, 0.717) is 5.69 Å². The molecule has 1 aromatic heterocycles. The van der Waals surface area contributed by atoms with Gasteiger partial charge in [0.25, 0.3) is 10.0 Å². The fraction of sp³-hybridized carbons (Fsp3) is 0.105. The Morgan fingerprint density at radius 2 is 1.64 bits per heavy atom. The third-order valence-electron chi connectivity index (χ3n) is 3.79. The first-order valence-electron chi connectivity index (χ1n) is 7.76. The number of aryl methyl sites for hydroxylation is 1. The number of sulfonamides is 1. The molecule has 0 saturated heterocycles. The predicted octanol–water partition coefficient (Wildman–Crippen LogP) is 3.49. The lowest BCUT2D eigenvalue weighted by Crippen LogP contribution is -2.31. The summed E-state index contributed by atoms with van der Waals surface area (Å²) in [5.74, 6) is -0.103. The molecule has 0 bridgehead atoms. The van der Waals surface area contributed by atoms with Crippen molar-refractivity contribution in [3.8, 4) is 5.75 Å². The lowest BCUT2D eigenvalue weighted by Gasteiger charge is -2.25. The van der Waals surface area contributed by atoms with Crippen molar-refractivity contribution in [3.05, 3.63) is 84.2 Å². The molecule has 25 heavy (non-hydrogen) atoms. The van der Waals surface area contributed by atoms with E-state index in [1.807, 2.05) is 6.92 Å². The molecule has 0 fully saturated rings. The fourth-order valence-corrected chi connectivity index (χ4v) is 3.90. The van der Waals surface area contributed by atoms with Crippen LogP contribution in [-0.2, 0) is 16.6 Å². The molecular weight excluding hydrogens is 336 g/mol. The van der Waals surface area contributed by atoms with Crippen LogP contribution in [0.15, 0.2) is 77.8 Å². The van der Waals surface area contributed by atoms with Crippen LogP contribution in [0, 0.1) is 6.92 Å². The molecule has 0 spiro atoms. The molecule has 0 aliphatic rings. The van der Waals surface area contributed by atoms with Gasteiger partial charge in [0.1, 0.15) is 5.75 Å². The number of phenolic OH excluding ortho intramolecular Hbond substituents is 1. The van der Waals surface area contributed by atoms with E-state index in [-0.39, 0.29) is 22.9 Å². The van der Waals surface area contributed by atoms with Crippen LogP contribution < -0.4 is 4.31 Å². The lowest BCUT2D eigenvalue weighted by molar-refractivity contribution is 0.475. The number of hydrogen-bond donors (Lipinski definition) is 1. The van der Waals surface area contributed by atoms with Crippen LogP contribution in [-0.4, -0.2) is 18.5 Å². The second-order valence-corrected chi connectivity index (χ2v) is 7.50. The summed E-state index contributed by atoms with van der Waals surface area (Å²) in [5.41, 5.74) is 1.77. The first kappa shape index (κ1) is 17.0. The van der Waals surface area contributed by atoms with Gasteiger partial charge in [-0.05, 0) is 43.3 Å². The van der Waals surface area contributed by atoms with Crippen molar-refractivity contribution in [2.24, 2.45) is 0 Å². The highest BCUT2D eigenvalue weighted by Crippen LogP contribution is 2.32. The second kappa shape index (κ2) is 6.94. The number of aromatic nitrogens is 1. The highest BCUT2D eigenvalue weighted by Gasteiger charge is 2.27. The van der Waals surface area contributed by atoms with E-state index in [2.05, 4.69) is 4.98 Å². The number of nitrogens with zero attached hydrogens (tertiary/aromatic N) is 2. The number of aromatic hydroxyl groups is 1. The van der Waals surface area contributed by atoms with Crippen LogP contribution >= 0.6 is 0 Å². The average molecular weight is 354 g/mol. The molecule has 128 valence electrons. The molecule has 3 rings (SSSR count). The number of phenols is 1. The smallest absolute Gasteiger partial charge is 0.264 e. The minimum absolute atomic E-state index is 0.0224. The molecular formula is C19H18N2O3S. The molecule has 0 radical (unpaired) electrons. The molecule has 1 N–H and O–H groups in total. The van der Waals surface area contributed by atoms with Crippen LogP contribution in [0.3, 0.4) is 0 Å². The van der Waals surface area contributed by atoms with Gasteiger partial charge >= 0.3 is 0 Å². The summed E-state index contributed by atoms with van der Waals surface area (Å²) >= 11 is 0. The Labute approximate surface area is 147 Å². The van der Waals surface area contributed by atoms with Gasteiger partial charge in [-0.1, -0.05) is 35.9 Å². The third-order valence-corrected chi connectivity index (χ3v) is 5.57. The van der Waals surface area contributed by atoms with E-state index >= 15 is 0 Å². The standard InChI is InChI=1S/C19H18N2O3S/c1-15-9-11-17(12-10-15)25(23,24)21(14-16-6-4-5-13-20-16)18-7-2-3-8-19(18)22/h2-13,22H,14H2,1H3. The van der Waals surface area contributed by atoms with Crippen LogP contribution in [0.5, 0.6) is 5.75 Å². The van der Waals surface area contributed by atoms with Gasteiger partial charge in [0.15, 0.2) is 0 Å². The van der Waals surface area contributed by atoms with Crippen molar-refractivity contribution < 1.29 is 13.5 Å². The summed E-state index contributed by atoms with van der Waals surface area (Å²) in [6.45, 7) is 1.92. The van der Waals surface area contributed by atoms with Gasteiger partial charge in [-0.25, -0.2) is 8.42 Å². The molecule has 6 heteroatoms. The Kier molecular flexibility index (Phi) is 4.72. The third kappa shape index (κ3) is 3.64. The van der Waals surface area contributed by atoms with Gasteiger partial charge in [-0.15, -0.1) is 0 Å². The van der Waals surface area contributed by atoms with Crippen LogP contribution in [0.1, 0.15) is 11.3 Å². The zero-order chi connectivity index (χ0) is 17.9. The van der Waals surface area contributed by atoms with Gasteiger partial charge in [0.2, 0.25) is 0 Å². The van der Waals surface area contributed by atoms with E-state index < -0.39 is 10.0 Å². The van der Waals surface area contributed by atoms with Crippen molar-refractivity contribution >= 4 is 15.7 Å². The lowest BCUT2D eigenvalue weighted by atomic mass is 10.2. The summed E-state index contributed by atoms with van der Waals surface area (Å²) in [5, 5.41) is 10.2. The minimum atomic E-state index is -3.86. The maximum atomic E-state index is 13.2. The van der Waals surface area contributed by atoms with E-state index in [9.17, 15) is 13.5 Å². The Morgan fingerprint density at radius 1 is 0.960 bits per heavy atom. The number of anilines is 1. The zero-order valence-corrected chi connectivity index (χ0v) is 14.5. The molecule has 0 atom stereocenters. The van der Waals surface area contributed by atoms with Crippen molar-refractivity contribution in [2.75, 3.05) is 4.31 Å². The van der Waals surface area contributed by atoms with E-state index in [1.54, 1.807) is 66.9 Å². The minimum Gasteiger partial charge on any atom is -0.506 e. The SMILES string of the molecule is Cc1ccc(S(=O)(=O)N(Cc2ccccn2)c2ccccc2O)cc1. The van der Waals surface area contributed by atoms with Crippen LogP contribution in [0.2, 0.25) is 0 Å². The Bertz CT molecular complexity index is 955. The highest BCUT2D eigenvalue weighted by molar-refractivity contribution is 7.92. The first-order valence-corrected chi connectivity index (χ1v) is 9.20. The molecule has 0 saturated carbocycles. The van der Waals surface area contributed by atoms with Crippen LogP contribution in [0.25, 0.3) is 0 Å². The molecule has 0 unspecified atom stereocenters. The summed E-state index contributed by atoms with van der Waals surface area (Å²) in [7, 11) is -3.86. The van der Waals surface area contributed by atoms with Crippen molar-refractivity contribution in [1.82, 2.24) is 4.98 Å². The summed E-state index contributed by atoms with van der Waals surface area (Å²) in [6.07, 6.45) is 1.61. The highest BCUT2D eigenvalue weighted by atomic mass is 32.2. The normalized spacial score (nSPS) is 11.2. The average Bonchev–Trinajstić information content (AvgIpc) is 2.62. The first-order chi connectivity index (χ1) is 12.0. The zero-order valence-electron chi connectivity index (χ0n) is 13.7. The van der Waals surface area contributed by atoms with Gasteiger partial charge < -0.3 is 5.11 Å². The topological polar surface area (TPSA) is 70.5 Å². The quantitative estimate of drug-likeness (QED) is 0.761. The van der Waals surface area contributed by atoms with E-state index in [4.69, 9.17) is 0 Å². The molecule has 0 aliphatic carbocycles. The Balaban J connectivity index is 2.10. The van der Waals surface area contributed by atoms with Crippen molar-refractivity contribution in [3.63, 3.8) is 0 Å². The summed E-state index contributed by atoms with van der Waals surface area (Å²) < 4.78 is 27.6. The summed E-state index contributed by atoms with van der Waals surface area (Å²) in [6, 6.07) is 18.3. The second-order valence-electron chi connectivity index (χ2n) is 5.63. The number of benzene rings is 2. The number of rotatable bonds is 5. The van der Waals surface area contributed by atoms with E-state index in [1.165, 1.54) is 10.4 Å². The van der Waals surface area contributed by atoms with Crippen molar-refractivity contribution in [2.45, 2.75) is 18.4 Å². The largest absolute Gasteiger partial charge is 0.506 e. The molecule has 0 amide bonds. The predicted molar refractivity (Wildman–Crippen MR) is 96.9 cm³/mol. The molecule has 2 aromatic carbocycles. The number of pyridine rings is 1. The molecule has 1 heterocycles. The molecule has 0 aliphatic heterocycles. The number of para-hydroxylation sites is 2. The number of hydrogen-bond acceptors (Lipinski definition) is 4. The van der Waals surface area contributed by atoms with Crippen molar-refractivity contribution in [1.29, 1.82) is 0 Å². The Morgan fingerprint density at radius 3 is 2.28 bits per heavy atom. The van der Waals surface area contributed by atoms with Gasteiger partial charge in [0, 0.05) is 6.20 Å². The van der Waals surface area contributed by atoms with Gasteiger partial charge in [0.05, 0.1) is 22.8 Å². The fourth-order valence-electron chi connectivity index (χ4n) is 2.45. The van der Waals surface area contributed by atoms with Gasteiger partial charge in [-0.2, -0.15) is 0 Å². The maximum absolute atomic E-state index is 13.2. The van der Waals surface area contributed by atoms with E-state index in [0.717, 1.165) is 5.56 Å². The molecule has 3 aromatic rings. The molecule has 5 nitrogen and oxygen atoms in total. The summed E-state index contributed by atoms with van der Waals surface area (Å²) in [4.78, 5) is 4.37. The van der Waals surface area contributed by atoms with Crippen LogP contribution in [0.4, 0.5) is 5.69 Å². The monoisotopic (exact) mass is 354 g/mol.